The van der Waals surface area contributed by atoms with Crippen LogP contribution in [0.25, 0.3) is 0 Å². The van der Waals surface area contributed by atoms with Crippen LogP contribution in [0.3, 0.4) is 0 Å². The number of carbonyl (C=O) groups excluding carboxylic acids is 2. The Kier molecular flexibility index (Phi) is 6.75. The highest BCUT2D eigenvalue weighted by molar-refractivity contribution is 5.97. The van der Waals surface area contributed by atoms with Gasteiger partial charge in [0.15, 0.2) is 0 Å². The van der Waals surface area contributed by atoms with Crippen LogP contribution in [0.1, 0.15) is 37.8 Å². The van der Waals surface area contributed by atoms with Gasteiger partial charge in [0.05, 0.1) is 18.8 Å². The number of carbonyl (C=O) groups is 2. The second-order valence-corrected chi connectivity index (χ2v) is 7.26. The van der Waals surface area contributed by atoms with Gasteiger partial charge < -0.3 is 19.7 Å². The lowest BCUT2D eigenvalue weighted by Gasteiger charge is -2.33. The molecule has 0 saturated carbocycles. The highest BCUT2D eigenvalue weighted by atomic mass is 16.5. The molecular weight excluding hydrogens is 368 g/mol. The van der Waals surface area contributed by atoms with Gasteiger partial charge in [-0.3, -0.25) is 9.59 Å². The first-order valence-corrected chi connectivity index (χ1v) is 10.0. The zero-order valence-electron chi connectivity index (χ0n) is 17.2. The van der Waals surface area contributed by atoms with Crippen LogP contribution in [0.5, 0.6) is 11.5 Å². The van der Waals surface area contributed by atoms with E-state index in [0.717, 1.165) is 22.6 Å². The van der Waals surface area contributed by atoms with E-state index in [9.17, 15) is 9.59 Å². The summed E-state index contributed by atoms with van der Waals surface area (Å²) in [6.07, 6.45) is 0.237. The van der Waals surface area contributed by atoms with Gasteiger partial charge in [-0.2, -0.15) is 0 Å². The Morgan fingerprint density at radius 2 is 1.93 bits per heavy atom. The third kappa shape index (κ3) is 5.50. The number of fused-ring (bicyclic) bond motifs is 1. The predicted molar refractivity (Wildman–Crippen MR) is 112 cm³/mol. The molecule has 0 saturated heterocycles. The molecule has 6 heteroatoms. The number of amides is 2. The lowest BCUT2D eigenvalue weighted by molar-refractivity contribution is -0.125. The van der Waals surface area contributed by atoms with Crippen molar-refractivity contribution in [3.05, 3.63) is 53.6 Å². The van der Waals surface area contributed by atoms with Crippen LogP contribution in [0.2, 0.25) is 0 Å². The molecular formula is C23H28N2O4. The van der Waals surface area contributed by atoms with E-state index in [2.05, 4.69) is 5.32 Å². The molecule has 1 atom stereocenters. The number of benzene rings is 2. The summed E-state index contributed by atoms with van der Waals surface area (Å²) in [5.74, 6) is 1.31. The number of nitrogens with one attached hydrogen (secondary N) is 1. The Hall–Kier alpha value is -3.02. The second-order valence-electron chi connectivity index (χ2n) is 7.26. The molecule has 0 spiro atoms. The van der Waals surface area contributed by atoms with Crippen LogP contribution in [0.4, 0.5) is 5.69 Å². The fourth-order valence-corrected chi connectivity index (χ4v) is 3.30. The van der Waals surface area contributed by atoms with E-state index < -0.39 is 0 Å². The predicted octanol–water partition coefficient (Wildman–Crippen LogP) is 3.60. The molecule has 0 radical (unpaired) electrons. The first kappa shape index (κ1) is 20.7. The summed E-state index contributed by atoms with van der Waals surface area (Å²) in [6, 6.07) is 13.4. The summed E-state index contributed by atoms with van der Waals surface area (Å²) < 4.78 is 11.2. The fourth-order valence-electron chi connectivity index (χ4n) is 3.30. The Morgan fingerprint density at radius 3 is 2.66 bits per heavy atom. The van der Waals surface area contributed by atoms with Crippen molar-refractivity contribution in [2.45, 2.75) is 46.3 Å². The number of aryl methyl sites for hydroxylation is 1. The molecule has 1 unspecified atom stereocenters. The number of nitrogens with zero attached hydrogens (tertiary/aromatic N) is 1. The lowest BCUT2D eigenvalue weighted by Crippen LogP contribution is -2.42. The Labute approximate surface area is 171 Å². The molecule has 0 bridgehead atoms. The summed E-state index contributed by atoms with van der Waals surface area (Å²) in [5.41, 5.74) is 2.83. The number of anilines is 1. The van der Waals surface area contributed by atoms with Crippen LogP contribution >= 0.6 is 0 Å². The van der Waals surface area contributed by atoms with Crippen molar-refractivity contribution >= 4 is 17.5 Å². The molecule has 154 valence electrons. The summed E-state index contributed by atoms with van der Waals surface area (Å²) in [7, 11) is 0. The van der Waals surface area contributed by atoms with Gasteiger partial charge >= 0.3 is 0 Å². The molecule has 6 nitrogen and oxygen atoms in total. The third-order valence-corrected chi connectivity index (χ3v) is 4.76. The number of hydrogen-bond donors (Lipinski definition) is 1. The van der Waals surface area contributed by atoms with E-state index in [0.29, 0.717) is 25.4 Å². The van der Waals surface area contributed by atoms with Crippen LogP contribution in [-0.4, -0.2) is 31.1 Å². The van der Waals surface area contributed by atoms with Gasteiger partial charge in [0.1, 0.15) is 17.6 Å². The zero-order chi connectivity index (χ0) is 20.8. The quantitative estimate of drug-likeness (QED) is 0.776. The molecule has 1 N–H and O–H groups in total. The van der Waals surface area contributed by atoms with Crippen LogP contribution in [-0.2, 0) is 16.1 Å². The highest BCUT2D eigenvalue weighted by Crippen LogP contribution is 2.34. The Morgan fingerprint density at radius 1 is 1.17 bits per heavy atom. The van der Waals surface area contributed by atoms with Gasteiger partial charge in [-0.25, -0.2) is 0 Å². The maximum absolute atomic E-state index is 12.8. The van der Waals surface area contributed by atoms with Crippen molar-refractivity contribution in [2.24, 2.45) is 0 Å². The average molecular weight is 396 g/mol. The summed E-state index contributed by atoms with van der Waals surface area (Å²) in [4.78, 5) is 26.7. The van der Waals surface area contributed by atoms with Crippen molar-refractivity contribution in [3.8, 4) is 11.5 Å². The van der Waals surface area contributed by atoms with Crippen molar-refractivity contribution in [3.63, 3.8) is 0 Å². The van der Waals surface area contributed by atoms with Gasteiger partial charge in [-0.15, -0.1) is 0 Å². The van der Waals surface area contributed by atoms with Gasteiger partial charge in [0.25, 0.3) is 0 Å². The van der Waals surface area contributed by atoms with Crippen molar-refractivity contribution in [1.82, 2.24) is 5.32 Å². The van der Waals surface area contributed by atoms with Gasteiger partial charge in [-0.1, -0.05) is 18.2 Å². The largest absolute Gasteiger partial charge is 0.494 e. The maximum Gasteiger partial charge on any atom is 0.227 e. The van der Waals surface area contributed by atoms with E-state index in [4.69, 9.17) is 9.47 Å². The van der Waals surface area contributed by atoms with E-state index in [-0.39, 0.29) is 30.8 Å². The minimum absolute atomic E-state index is 0.0665. The highest BCUT2D eigenvalue weighted by Gasteiger charge is 2.27. The normalized spacial score (nSPS) is 15.3. The molecule has 1 aliphatic heterocycles. The maximum atomic E-state index is 12.8. The summed E-state index contributed by atoms with van der Waals surface area (Å²) >= 11 is 0. The van der Waals surface area contributed by atoms with Crippen LogP contribution in [0, 0.1) is 6.92 Å². The van der Waals surface area contributed by atoms with E-state index in [1.807, 2.05) is 63.2 Å². The summed E-state index contributed by atoms with van der Waals surface area (Å²) in [6.45, 7) is 7.39. The molecule has 3 rings (SSSR count). The SMILES string of the molecule is CCOc1ccc(CNC(=O)CCC(=O)N2CC(C)Oc3ccc(C)cc32)cc1. The van der Waals surface area contributed by atoms with Crippen molar-refractivity contribution in [2.75, 3.05) is 18.1 Å². The Balaban J connectivity index is 1.51. The van der Waals surface area contributed by atoms with E-state index in [1.165, 1.54) is 0 Å². The lowest BCUT2D eigenvalue weighted by atomic mass is 10.1. The van der Waals surface area contributed by atoms with Gasteiger partial charge in [0, 0.05) is 19.4 Å². The fraction of sp³-hybridized carbons (Fsp3) is 0.391. The molecule has 1 aliphatic rings. The first-order valence-electron chi connectivity index (χ1n) is 10.0. The molecule has 29 heavy (non-hydrogen) atoms. The zero-order valence-corrected chi connectivity index (χ0v) is 17.2. The minimum atomic E-state index is -0.141. The molecule has 1 heterocycles. The van der Waals surface area contributed by atoms with Crippen molar-refractivity contribution < 1.29 is 19.1 Å². The second kappa shape index (κ2) is 9.45. The molecule has 0 aromatic heterocycles. The monoisotopic (exact) mass is 396 g/mol. The van der Waals surface area contributed by atoms with Crippen LogP contribution < -0.4 is 19.7 Å². The topological polar surface area (TPSA) is 67.9 Å². The summed E-state index contributed by atoms with van der Waals surface area (Å²) in [5, 5.41) is 2.87. The molecule has 0 fully saturated rings. The third-order valence-electron chi connectivity index (χ3n) is 4.76. The van der Waals surface area contributed by atoms with Gasteiger partial charge in [-0.05, 0) is 56.2 Å². The molecule has 2 aromatic rings. The molecule has 0 aliphatic carbocycles. The number of rotatable bonds is 7. The minimum Gasteiger partial charge on any atom is -0.494 e. The smallest absolute Gasteiger partial charge is 0.227 e. The number of hydrogen-bond acceptors (Lipinski definition) is 4. The number of ether oxygens (including phenoxy) is 2. The standard InChI is InChI=1S/C23H28N2O4/c1-4-28-19-8-6-18(7-9-19)14-24-22(26)11-12-23(27)25-15-17(3)29-21-10-5-16(2)13-20(21)25/h5-10,13,17H,4,11-12,14-15H2,1-3H3,(H,24,26). The average Bonchev–Trinajstić information content (AvgIpc) is 2.71. The first-order chi connectivity index (χ1) is 14.0. The van der Waals surface area contributed by atoms with E-state index in [1.54, 1.807) is 4.90 Å². The van der Waals surface area contributed by atoms with Gasteiger partial charge in [0.2, 0.25) is 11.8 Å². The van der Waals surface area contributed by atoms with Crippen LogP contribution in [0.15, 0.2) is 42.5 Å². The Bertz CT molecular complexity index is 864. The van der Waals surface area contributed by atoms with E-state index >= 15 is 0 Å². The molecule has 2 amide bonds. The van der Waals surface area contributed by atoms with Crippen molar-refractivity contribution in [1.29, 1.82) is 0 Å². The molecule has 2 aromatic carbocycles.